The lowest BCUT2D eigenvalue weighted by Gasteiger charge is -2.09. The van der Waals surface area contributed by atoms with Gasteiger partial charge in [0.2, 0.25) is 0 Å². The monoisotopic (exact) mass is 257 g/mol. The highest BCUT2D eigenvalue weighted by molar-refractivity contribution is 6.33. The van der Waals surface area contributed by atoms with E-state index in [1.165, 1.54) is 12.1 Å². The van der Waals surface area contributed by atoms with Crippen LogP contribution in [0, 0.1) is 0 Å². The molecule has 1 amide bonds. The van der Waals surface area contributed by atoms with E-state index in [9.17, 15) is 9.59 Å². The molecule has 0 aliphatic carbocycles. The number of nitrogens with one attached hydrogen (secondary N) is 1. The smallest absolute Gasteiger partial charge is 0.341 e. The van der Waals surface area contributed by atoms with Crippen LogP contribution < -0.4 is 10.1 Å². The predicted molar refractivity (Wildman–Crippen MR) is 62.6 cm³/mol. The van der Waals surface area contributed by atoms with Gasteiger partial charge in [-0.3, -0.25) is 4.79 Å². The zero-order valence-corrected chi connectivity index (χ0v) is 9.95. The van der Waals surface area contributed by atoms with Crippen LogP contribution in [0.15, 0.2) is 18.2 Å². The van der Waals surface area contributed by atoms with Gasteiger partial charge in [-0.1, -0.05) is 17.7 Å². The molecular formula is C11H12ClNO4. The van der Waals surface area contributed by atoms with E-state index in [0.717, 1.165) is 0 Å². The molecule has 0 heterocycles. The maximum Gasteiger partial charge on any atom is 0.341 e. The maximum absolute atomic E-state index is 11.2. The van der Waals surface area contributed by atoms with Gasteiger partial charge in [-0.25, -0.2) is 4.79 Å². The number of rotatable bonds is 5. The maximum atomic E-state index is 11.2. The third-order valence-corrected chi connectivity index (χ3v) is 2.24. The van der Waals surface area contributed by atoms with Crippen molar-refractivity contribution in [2.24, 2.45) is 0 Å². The van der Waals surface area contributed by atoms with Crippen LogP contribution in [0.25, 0.3) is 0 Å². The van der Waals surface area contributed by atoms with Crippen molar-refractivity contribution in [2.45, 2.75) is 6.92 Å². The standard InChI is InChI=1S/C11H12ClNO4/c1-2-13-9(14)6-17-8-5-3-4-7(12)10(8)11(15)16/h3-5H,2,6H2,1H3,(H,13,14)(H,15,16). The van der Waals surface area contributed by atoms with Crippen LogP contribution in [-0.4, -0.2) is 30.1 Å². The Bertz CT molecular complexity index is 433. The molecule has 1 rings (SSSR count). The summed E-state index contributed by atoms with van der Waals surface area (Å²) >= 11 is 5.74. The van der Waals surface area contributed by atoms with Crippen molar-refractivity contribution in [1.29, 1.82) is 0 Å². The number of carboxylic acids is 1. The minimum Gasteiger partial charge on any atom is -0.483 e. The fourth-order valence-corrected chi connectivity index (χ4v) is 1.47. The van der Waals surface area contributed by atoms with Crippen molar-refractivity contribution in [1.82, 2.24) is 5.32 Å². The number of aromatic carboxylic acids is 1. The molecule has 0 aliphatic rings. The summed E-state index contributed by atoms with van der Waals surface area (Å²) in [4.78, 5) is 22.1. The highest BCUT2D eigenvalue weighted by atomic mass is 35.5. The van der Waals surface area contributed by atoms with Gasteiger partial charge >= 0.3 is 5.97 Å². The third kappa shape index (κ3) is 3.64. The first-order valence-corrected chi connectivity index (χ1v) is 5.35. The molecule has 0 saturated heterocycles. The third-order valence-electron chi connectivity index (χ3n) is 1.92. The molecule has 6 heteroatoms. The van der Waals surface area contributed by atoms with Crippen LogP contribution in [0.1, 0.15) is 17.3 Å². The summed E-state index contributed by atoms with van der Waals surface area (Å²) < 4.78 is 5.12. The van der Waals surface area contributed by atoms with Gasteiger partial charge in [0.1, 0.15) is 11.3 Å². The molecule has 17 heavy (non-hydrogen) atoms. The van der Waals surface area contributed by atoms with Crippen molar-refractivity contribution in [3.63, 3.8) is 0 Å². The van der Waals surface area contributed by atoms with Crippen molar-refractivity contribution in [3.8, 4) is 5.75 Å². The Labute approximate surface area is 103 Å². The fraction of sp³-hybridized carbons (Fsp3) is 0.273. The Morgan fingerprint density at radius 1 is 1.47 bits per heavy atom. The number of halogens is 1. The zero-order chi connectivity index (χ0) is 12.8. The SMILES string of the molecule is CCNC(=O)COc1cccc(Cl)c1C(=O)O. The molecule has 0 atom stereocenters. The lowest BCUT2D eigenvalue weighted by molar-refractivity contribution is -0.123. The van der Waals surface area contributed by atoms with Crippen LogP contribution in [0.5, 0.6) is 5.75 Å². The first-order chi connectivity index (χ1) is 8.06. The van der Waals surface area contributed by atoms with Gasteiger partial charge in [-0.15, -0.1) is 0 Å². The number of likely N-dealkylation sites (N-methyl/N-ethyl adjacent to an activating group) is 1. The van der Waals surface area contributed by atoms with E-state index in [1.807, 2.05) is 0 Å². The average Bonchev–Trinajstić information content (AvgIpc) is 2.26. The highest BCUT2D eigenvalue weighted by Crippen LogP contribution is 2.26. The molecule has 0 aliphatic heterocycles. The normalized spacial score (nSPS) is 9.76. The molecule has 0 saturated carbocycles. The van der Waals surface area contributed by atoms with Crippen molar-refractivity contribution < 1.29 is 19.4 Å². The summed E-state index contributed by atoms with van der Waals surface area (Å²) in [6.45, 7) is 2.03. The molecule has 5 nitrogen and oxygen atoms in total. The summed E-state index contributed by atoms with van der Waals surface area (Å²) in [5, 5.41) is 11.6. The Kier molecular flexibility index (Phi) is 4.78. The van der Waals surface area contributed by atoms with E-state index in [1.54, 1.807) is 13.0 Å². The second-order valence-corrected chi connectivity index (χ2v) is 3.57. The van der Waals surface area contributed by atoms with E-state index >= 15 is 0 Å². The number of carboxylic acid groups (broad SMARTS) is 1. The molecule has 1 aromatic carbocycles. The quantitative estimate of drug-likeness (QED) is 0.839. The summed E-state index contributed by atoms with van der Waals surface area (Å²) in [6, 6.07) is 4.46. The number of hydrogen-bond acceptors (Lipinski definition) is 3. The summed E-state index contributed by atoms with van der Waals surface area (Å²) in [5.74, 6) is -1.43. The average molecular weight is 258 g/mol. The number of benzene rings is 1. The number of carbonyl (C=O) groups is 2. The highest BCUT2D eigenvalue weighted by Gasteiger charge is 2.16. The topological polar surface area (TPSA) is 75.6 Å². The Balaban J connectivity index is 2.81. The van der Waals surface area contributed by atoms with Gasteiger partial charge in [0.05, 0.1) is 5.02 Å². The summed E-state index contributed by atoms with van der Waals surface area (Å²) in [7, 11) is 0. The van der Waals surface area contributed by atoms with Crippen molar-refractivity contribution in [3.05, 3.63) is 28.8 Å². The molecule has 92 valence electrons. The minimum atomic E-state index is -1.19. The van der Waals surface area contributed by atoms with E-state index in [2.05, 4.69) is 5.32 Å². The Morgan fingerprint density at radius 3 is 2.76 bits per heavy atom. The second kappa shape index (κ2) is 6.10. The van der Waals surface area contributed by atoms with Gasteiger partial charge in [0.25, 0.3) is 5.91 Å². The molecular weight excluding hydrogens is 246 g/mol. The summed E-state index contributed by atoms with van der Waals surface area (Å²) in [5.41, 5.74) is -0.140. The van der Waals surface area contributed by atoms with Gasteiger partial charge in [0, 0.05) is 6.54 Å². The molecule has 0 fully saturated rings. The van der Waals surface area contributed by atoms with E-state index in [0.29, 0.717) is 6.54 Å². The van der Waals surface area contributed by atoms with Crippen LogP contribution in [0.3, 0.4) is 0 Å². The van der Waals surface area contributed by atoms with Crippen LogP contribution in [-0.2, 0) is 4.79 Å². The fourth-order valence-electron chi connectivity index (χ4n) is 1.22. The van der Waals surface area contributed by atoms with Crippen LogP contribution >= 0.6 is 11.6 Å². The molecule has 0 radical (unpaired) electrons. The molecule has 0 unspecified atom stereocenters. The molecule has 0 aromatic heterocycles. The number of amides is 1. The van der Waals surface area contributed by atoms with Crippen LogP contribution in [0.4, 0.5) is 0 Å². The molecule has 2 N–H and O–H groups in total. The molecule has 0 spiro atoms. The first kappa shape index (κ1) is 13.3. The van der Waals surface area contributed by atoms with Gasteiger partial charge < -0.3 is 15.2 Å². The predicted octanol–water partition coefficient (Wildman–Crippen LogP) is 1.55. The van der Waals surface area contributed by atoms with Gasteiger partial charge in [-0.05, 0) is 19.1 Å². The van der Waals surface area contributed by atoms with Gasteiger partial charge in [-0.2, -0.15) is 0 Å². The number of ether oxygens (including phenoxy) is 1. The molecule has 1 aromatic rings. The molecule has 0 bridgehead atoms. The zero-order valence-electron chi connectivity index (χ0n) is 9.20. The van der Waals surface area contributed by atoms with Crippen LogP contribution in [0.2, 0.25) is 5.02 Å². The first-order valence-electron chi connectivity index (χ1n) is 4.97. The van der Waals surface area contributed by atoms with Gasteiger partial charge in [0.15, 0.2) is 6.61 Å². The van der Waals surface area contributed by atoms with E-state index in [4.69, 9.17) is 21.4 Å². The van der Waals surface area contributed by atoms with E-state index in [-0.39, 0.29) is 28.8 Å². The number of hydrogen-bond donors (Lipinski definition) is 2. The van der Waals surface area contributed by atoms with Crippen molar-refractivity contribution in [2.75, 3.05) is 13.2 Å². The Hall–Kier alpha value is -1.75. The van der Waals surface area contributed by atoms with E-state index < -0.39 is 5.97 Å². The lowest BCUT2D eigenvalue weighted by atomic mass is 10.2. The number of carbonyl (C=O) groups excluding carboxylic acids is 1. The van der Waals surface area contributed by atoms with Crippen molar-refractivity contribution >= 4 is 23.5 Å². The Morgan fingerprint density at radius 2 is 2.18 bits per heavy atom. The second-order valence-electron chi connectivity index (χ2n) is 3.16. The minimum absolute atomic E-state index is 0.0749. The summed E-state index contributed by atoms with van der Waals surface area (Å²) in [6.07, 6.45) is 0. The largest absolute Gasteiger partial charge is 0.483 e. The lowest BCUT2D eigenvalue weighted by Crippen LogP contribution is -2.28.